The van der Waals surface area contributed by atoms with E-state index in [2.05, 4.69) is 5.32 Å². The number of carbonyl (C=O) groups excluding carboxylic acids is 1. The molecule has 6 heteroatoms. The fourth-order valence-electron chi connectivity index (χ4n) is 1.57. The summed E-state index contributed by atoms with van der Waals surface area (Å²) in [5, 5.41) is 2.51. The number of halogens is 3. The number of nitrogens with two attached hydrogens (primary N) is 1. The lowest BCUT2D eigenvalue weighted by Gasteiger charge is -2.15. The van der Waals surface area contributed by atoms with Gasteiger partial charge in [0.2, 0.25) is 5.91 Å². The van der Waals surface area contributed by atoms with Gasteiger partial charge in [0.15, 0.2) is 0 Å². The van der Waals surface area contributed by atoms with Crippen molar-refractivity contribution in [3.05, 3.63) is 29.3 Å². The van der Waals surface area contributed by atoms with Gasteiger partial charge >= 0.3 is 6.18 Å². The van der Waals surface area contributed by atoms with Crippen LogP contribution in [0.15, 0.2) is 18.2 Å². The maximum atomic E-state index is 12.6. The lowest BCUT2D eigenvalue weighted by atomic mass is 10.1. The van der Waals surface area contributed by atoms with Crippen LogP contribution >= 0.6 is 0 Å². The second-order valence-electron chi connectivity index (χ2n) is 4.50. The van der Waals surface area contributed by atoms with Crippen LogP contribution in [0.2, 0.25) is 0 Å². The molecule has 0 bridgehead atoms. The molecule has 0 aliphatic heterocycles. The smallest absolute Gasteiger partial charge is 0.330 e. The molecule has 0 saturated heterocycles. The summed E-state index contributed by atoms with van der Waals surface area (Å²) < 4.78 is 37.8. The maximum Gasteiger partial charge on any atom is 0.416 e. The Kier molecular flexibility index (Phi) is 4.94. The van der Waals surface area contributed by atoms with E-state index >= 15 is 0 Å². The summed E-state index contributed by atoms with van der Waals surface area (Å²) >= 11 is 0. The minimum absolute atomic E-state index is 0.184. The first-order chi connectivity index (χ1) is 8.75. The number of aryl methyl sites for hydroxylation is 1. The Morgan fingerprint density at radius 3 is 2.58 bits per heavy atom. The van der Waals surface area contributed by atoms with E-state index in [0.29, 0.717) is 18.5 Å². The highest BCUT2D eigenvalue weighted by Crippen LogP contribution is 2.32. The third-order valence-electron chi connectivity index (χ3n) is 2.87. The van der Waals surface area contributed by atoms with E-state index in [1.54, 1.807) is 13.8 Å². The number of amides is 1. The molecule has 1 aromatic carbocycles. The van der Waals surface area contributed by atoms with E-state index in [1.165, 1.54) is 6.07 Å². The van der Waals surface area contributed by atoms with Crippen molar-refractivity contribution in [2.24, 2.45) is 11.7 Å². The average Bonchev–Trinajstić information content (AvgIpc) is 2.30. The van der Waals surface area contributed by atoms with Crippen molar-refractivity contribution in [1.29, 1.82) is 0 Å². The first-order valence-electron chi connectivity index (χ1n) is 5.94. The second-order valence-corrected chi connectivity index (χ2v) is 4.50. The molecule has 1 atom stereocenters. The molecule has 1 aromatic rings. The summed E-state index contributed by atoms with van der Waals surface area (Å²) in [7, 11) is 0. The molecular weight excluding hydrogens is 257 g/mol. The lowest BCUT2D eigenvalue weighted by molar-refractivity contribution is -0.137. The van der Waals surface area contributed by atoms with Crippen molar-refractivity contribution in [2.75, 3.05) is 11.9 Å². The maximum absolute atomic E-state index is 12.6. The molecule has 0 heterocycles. The van der Waals surface area contributed by atoms with Crippen LogP contribution in [0.5, 0.6) is 0 Å². The molecule has 0 spiro atoms. The first-order valence-corrected chi connectivity index (χ1v) is 5.94. The molecule has 0 saturated carbocycles. The summed E-state index contributed by atoms with van der Waals surface area (Å²) in [6.07, 6.45) is -3.93. The van der Waals surface area contributed by atoms with E-state index < -0.39 is 11.7 Å². The van der Waals surface area contributed by atoms with E-state index in [1.807, 2.05) is 0 Å². The molecule has 1 amide bonds. The molecule has 1 unspecified atom stereocenters. The summed E-state index contributed by atoms with van der Waals surface area (Å²) in [5.41, 5.74) is 5.33. The quantitative estimate of drug-likeness (QED) is 0.887. The van der Waals surface area contributed by atoms with Gasteiger partial charge in [-0.25, -0.2) is 0 Å². The molecule has 19 heavy (non-hydrogen) atoms. The van der Waals surface area contributed by atoms with Crippen molar-refractivity contribution in [3.63, 3.8) is 0 Å². The number of alkyl halides is 3. The molecule has 0 fully saturated rings. The summed E-state index contributed by atoms with van der Waals surface area (Å²) in [5.74, 6) is -0.660. The van der Waals surface area contributed by atoms with E-state index in [4.69, 9.17) is 5.73 Å². The van der Waals surface area contributed by atoms with Crippen LogP contribution in [0.25, 0.3) is 0 Å². The topological polar surface area (TPSA) is 55.1 Å². The van der Waals surface area contributed by atoms with E-state index in [9.17, 15) is 18.0 Å². The number of anilines is 1. The monoisotopic (exact) mass is 274 g/mol. The van der Waals surface area contributed by atoms with Gasteiger partial charge in [-0.2, -0.15) is 13.2 Å². The van der Waals surface area contributed by atoms with E-state index in [0.717, 1.165) is 12.1 Å². The number of hydrogen-bond acceptors (Lipinski definition) is 2. The Labute approximate surface area is 110 Å². The molecule has 0 aromatic heterocycles. The molecule has 3 N–H and O–H groups in total. The van der Waals surface area contributed by atoms with Crippen molar-refractivity contribution in [3.8, 4) is 0 Å². The Balaban J connectivity index is 2.92. The Hall–Kier alpha value is -1.56. The number of nitrogens with one attached hydrogen (secondary N) is 1. The number of carbonyl (C=O) groups is 1. The largest absolute Gasteiger partial charge is 0.416 e. The third kappa shape index (κ3) is 4.24. The van der Waals surface area contributed by atoms with Gasteiger partial charge in [0.1, 0.15) is 0 Å². The molecule has 106 valence electrons. The van der Waals surface area contributed by atoms with Crippen LogP contribution in [-0.2, 0) is 11.0 Å². The van der Waals surface area contributed by atoms with Crippen LogP contribution < -0.4 is 11.1 Å². The van der Waals surface area contributed by atoms with Gasteiger partial charge in [-0.05, 0) is 37.6 Å². The number of rotatable bonds is 4. The van der Waals surface area contributed by atoms with Crippen LogP contribution in [0.1, 0.15) is 24.5 Å². The SMILES string of the molecule is Cc1ccc(C(F)(F)F)cc1NC(=O)C(C)CCN. The van der Waals surface area contributed by atoms with Gasteiger partial charge in [-0.3, -0.25) is 4.79 Å². The molecule has 0 radical (unpaired) electrons. The molecule has 0 aliphatic carbocycles. The zero-order valence-electron chi connectivity index (χ0n) is 10.8. The summed E-state index contributed by atoms with van der Waals surface area (Å²) in [6.45, 7) is 3.69. The Bertz CT molecular complexity index is 458. The van der Waals surface area contributed by atoms with Gasteiger partial charge < -0.3 is 11.1 Å². The van der Waals surface area contributed by atoms with Crippen molar-refractivity contribution in [1.82, 2.24) is 0 Å². The molecule has 3 nitrogen and oxygen atoms in total. The Morgan fingerprint density at radius 2 is 2.05 bits per heavy atom. The van der Waals surface area contributed by atoms with Gasteiger partial charge in [0, 0.05) is 11.6 Å². The molecular formula is C13H17F3N2O. The normalized spacial score (nSPS) is 13.2. The first kappa shape index (κ1) is 15.5. The third-order valence-corrected chi connectivity index (χ3v) is 2.87. The minimum atomic E-state index is -4.42. The fourth-order valence-corrected chi connectivity index (χ4v) is 1.57. The highest BCUT2D eigenvalue weighted by atomic mass is 19.4. The van der Waals surface area contributed by atoms with Crippen LogP contribution in [-0.4, -0.2) is 12.5 Å². The second kappa shape index (κ2) is 6.06. The fraction of sp³-hybridized carbons (Fsp3) is 0.462. The van der Waals surface area contributed by atoms with Crippen LogP contribution in [0, 0.1) is 12.8 Å². The predicted octanol–water partition coefficient (Wildman–Crippen LogP) is 2.94. The Morgan fingerprint density at radius 1 is 1.42 bits per heavy atom. The highest BCUT2D eigenvalue weighted by Gasteiger charge is 2.31. The van der Waals surface area contributed by atoms with Crippen molar-refractivity contribution >= 4 is 11.6 Å². The molecule has 1 rings (SSSR count). The number of hydrogen-bond donors (Lipinski definition) is 2. The molecule has 0 aliphatic rings. The van der Waals surface area contributed by atoms with Crippen molar-refractivity contribution < 1.29 is 18.0 Å². The van der Waals surface area contributed by atoms with Gasteiger partial charge in [-0.15, -0.1) is 0 Å². The van der Waals surface area contributed by atoms with E-state index in [-0.39, 0.29) is 17.5 Å². The number of benzene rings is 1. The van der Waals surface area contributed by atoms with Crippen molar-refractivity contribution in [2.45, 2.75) is 26.4 Å². The van der Waals surface area contributed by atoms with Gasteiger partial charge in [-0.1, -0.05) is 13.0 Å². The van der Waals surface area contributed by atoms with Gasteiger partial charge in [0.05, 0.1) is 5.56 Å². The minimum Gasteiger partial charge on any atom is -0.330 e. The summed E-state index contributed by atoms with van der Waals surface area (Å²) in [6, 6.07) is 3.28. The van der Waals surface area contributed by atoms with Crippen LogP contribution in [0.4, 0.5) is 18.9 Å². The lowest BCUT2D eigenvalue weighted by Crippen LogP contribution is -2.23. The predicted molar refractivity (Wildman–Crippen MR) is 67.6 cm³/mol. The highest BCUT2D eigenvalue weighted by molar-refractivity contribution is 5.93. The van der Waals surface area contributed by atoms with Crippen LogP contribution in [0.3, 0.4) is 0 Å². The zero-order chi connectivity index (χ0) is 14.6. The zero-order valence-corrected chi connectivity index (χ0v) is 10.8. The average molecular weight is 274 g/mol. The standard InChI is InChI=1S/C13H17F3N2O/c1-8-3-4-10(13(14,15)16)7-11(8)18-12(19)9(2)5-6-17/h3-4,7,9H,5-6,17H2,1-2H3,(H,18,19). The summed E-state index contributed by atoms with van der Waals surface area (Å²) in [4.78, 5) is 11.8. The van der Waals surface area contributed by atoms with Gasteiger partial charge in [0.25, 0.3) is 0 Å².